The highest BCUT2D eigenvalue weighted by Crippen LogP contribution is 2.33. The maximum absolute atomic E-state index is 14.9. The molecule has 1 aliphatic heterocycles. The van der Waals surface area contributed by atoms with Crippen LogP contribution < -0.4 is 10.6 Å². The Balaban J connectivity index is 1.47. The third-order valence-corrected chi connectivity index (χ3v) is 6.16. The molecule has 33 heavy (non-hydrogen) atoms. The molecule has 9 nitrogen and oxygen atoms in total. The third-order valence-electron chi connectivity index (χ3n) is 6.16. The van der Waals surface area contributed by atoms with Gasteiger partial charge in [-0.2, -0.15) is 5.10 Å². The molecule has 4 aromatic heterocycles. The summed E-state index contributed by atoms with van der Waals surface area (Å²) in [4.78, 5) is 21.3. The van der Waals surface area contributed by atoms with Gasteiger partial charge in [0, 0.05) is 55.7 Å². The van der Waals surface area contributed by atoms with Crippen LogP contribution in [-0.2, 0) is 0 Å². The van der Waals surface area contributed by atoms with E-state index in [1.54, 1.807) is 24.7 Å². The lowest BCUT2D eigenvalue weighted by Gasteiger charge is -2.34. The number of pyridine rings is 2. The van der Waals surface area contributed by atoms with Gasteiger partial charge in [0.1, 0.15) is 16.7 Å². The predicted octanol–water partition coefficient (Wildman–Crippen LogP) is 3.04. The SMILES string of the molecule is CN1CCN(c2ccnc3nc(-c4[nH]nc5c(F)cc(-c6cncc(N)c6)cc45)[nH]c23)CC1. The third kappa shape index (κ3) is 3.35. The molecule has 0 aliphatic carbocycles. The Morgan fingerprint density at radius 2 is 1.91 bits per heavy atom. The number of rotatable bonds is 3. The van der Waals surface area contributed by atoms with E-state index >= 15 is 0 Å². The second-order valence-corrected chi connectivity index (χ2v) is 8.36. The number of likely N-dealkylation sites (N-methyl/N-ethyl adjacent to an activating group) is 1. The quantitative estimate of drug-likeness (QED) is 0.392. The molecule has 0 saturated carbocycles. The van der Waals surface area contributed by atoms with Crippen LogP contribution in [0.1, 0.15) is 0 Å². The van der Waals surface area contributed by atoms with Gasteiger partial charge in [-0.25, -0.2) is 14.4 Å². The van der Waals surface area contributed by atoms with Gasteiger partial charge in [0.25, 0.3) is 0 Å². The summed E-state index contributed by atoms with van der Waals surface area (Å²) in [6.07, 6.45) is 4.99. The molecule has 166 valence electrons. The fourth-order valence-electron chi connectivity index (χ4n) is 4.37. The molecule has 0 bridgehead atoms. The van der Waals surface area contributed by atoms with Crippen LogP contribution in [-0.4, -0.2) is 68.3 Å². The lowest BCUT2D eigenvalue weighted by Crippen LogP contribution is -2.44. The number of hydrogen-bond donors (Lipinski definition) is 3. The van der Waals surface area contributed by atoms with Gasteiger partial charge >= 0.3 is 0 Å². The Hall–Kier alpha value is -4.05. The summed E-state index contributed by atoms with van der Waals surface area (Å²) in [5.74, 6) is 0.128. The summed E-state index contributed by atoms with van der Waals surface area (Å²) in [5, 5.41) is 7.77. The number of piperazine rings is 1. The van der Waals surface area contributed by atoms with E-state index < -0.39 is 5.82 Å². The minimum Gasteiger partial charge on any atom is -0.397 e. The highest BCUT2D eigenvalue weighted by atomic mass is 19.1. The highest BCUT2D eigenvalue weighted by Gasteiger charge is 2.21. The maximum atomic E-state index is 14.9. The smallest absolute Gasteiger partial charge is 0.180 e. The molecule has 5 heterocycles. The second kappa shape index (κ2) is 7.52. The molecular weight excluding hydrogens is 421 g/mol. The van der Waals surface area contributed by atoms with E-state index in [4.69, 9.17) is 10.7 Å². The van der Waals surface area contributed by atoms with Crippen LogP contribution in [0.15, 0.2) is 42.9 Å². The first-order chi connectivity index (χ1) is 16.1. The Kier molecular flexibility index (Phi) is 4.47. The summed E-state index contributed by atoms with van der Waals surface area (Å²) < 4.78 is 14.9. The number of nitrogens with one attached hydrogen (secondary N) is 2. The van der Waals surface area contributed by atoms with Gasteiger partial charge < -0.3 is 20.5 Å². The first-order valence-corrected chi connectivity index (χ1v) is 10.7. The zero-order valence-electron chi connectivity index (χ0n) is 18.0. The van der Waals surface area contributed by atoms with Crippen molar-refractivity contribution >= 4 is 33.4 Å². The fraction of sp³-hybridized carbons (Fsp3) is 0.217. The monoisotopic (exact) mass is 443 g/mol. The van der Waals surface area contributed by atoms with Gasteiger partial charge in [0.15, 0.2) is 17.3 Å². The molecule has 10 heteroatoms. The van der Waals surface area contributed by atoms with E-state index in [1.807, 2.05) is 12.1 Å². The number of aromatic amines is 2. The van der Waals surface area contributed by atoms with Crippen molar-refractivity contribution in [3.05, 3.63) is 48.7 Å². The normalized spacial score (nSPS) is 15.0. The van der Waals surface area contributed by atoms with Crippen molar-refractivity contribution in [2.75, 3.05) is 43.9 Å². The fourth-order valence-corrected chi connectivity index (χ4v) is 4.37. The average molecular weight is 443 g/mol. The first-order valence-electron chi connectivity index (χ1n) is 10.7. The largest absolute Gasteiger partial charge is 0.397 e. The molecule has 1 aliphatic rings. The van der Waals surface area contributed by atoms with Gasteiger partial charge in [0.05, 0.1) is 11.4 Å². The van der Waals surface area contributed by atoms with Crippen LogP contribution >= 0.6 is 0 Å². The standard InChI is InChI=1S/C23H22FN9/c1-32-4-6-33(7-5-32)18-2-3-27-22-21(18)28-23(29-22)20-16-9-13(10-17(24)19(16)30-31-20)14-8-15(25)12-26-11-14/h2-3,8-12H,4-7,25H2,1H3,(H,30,31)(H,27,28,29). The number of halogens is 1. The molecule has 0 spiro atoms. The van der Waals surface area contributed by atoms with Crippen molar-refractivity contribution < 1.29 is 4.39 Å². The van der Waals surface area contributed by atoms with Crippen LogP contribution in [0.3, 0.4) is 0 Å². The molecule has 0 amide bonds. The van der Waals surface area contributed by atoms with Crippen molar-refractivity contribution in [1.82, 2.24) is 35.0 Å². The molecular formula is C23H22FN9. The summed E-state index contributed by atoms with van der Waals surface area (Å²) in [6, 6.07) is 7.08. The van der Waals surface area contributed by atoms with Crippen molar-refractivity contribution in [3.63, 3.8) is 0 Å². The van der Waals surface area contributed by atoms with Gasteiger partial charge in [-0.15, -0.1) is 0 Å². The van der Waals surface area contributed by atoms with Crippen LogP contribution in [0.2, 0.25) is 0 Å². The van der Waals surface area contributed by atoms with Gasteiger partial charge in [0.2, 0.25) is 0 Å². The highest BCUT2D eigenvalue weighted by molar-refractivity contribution is 5.97. The van der Waals surface area contributed by atoms with Crippen LogP contribution in [0, 0.1) is 5.82 Å². The van der Waals surface area contributed by atoms with Gasteiger partial charge in [-0.05, 0) is 36.9 Å². The van der Waals surface area contributed by atoms with Crippen molar-refractivity contribution in [3.8, 4) is 22.6 Å². The molecule has 5 aromatic rings. The second-order valence-electron chi connectivity index (χ2n) is 8.36. The number of benzene rings is 1. The molecule has 0 radical (unpaired) electrons. The van der Waals surface area contributed by atoms with E-state index in [0.717, 1.165) is 42.9 Å². The summed E-state index contributed by atoms with van der Waals surface area (Å²) >= 11 is 0. The molecule has 0 unspecified atom stereocenters. The van der Waals surface area contributed by atoms with Gasteiger partial charge in [-0.1, -0.05) is 0 Å². The number of anilines is 2. The molecule has 1 saturated heterocycles. The Bertz CT molecular complexity index is 1480. The number of nitrogens with zero attached hydrogens (tertiary/aromatic N) is 6. The number of H-pyrrole nitrogens is 2. The van der Waals surface area contributed by atoms with E-state index in [0.29, 0.717) is 33.8 Å². The molecule has 0 atom stereocenters. The summed E-state index contributed by atoms with van der Waals surface area (Å²) in [5.41, 5.74) is 11.2. The molecule has 6 rings (SSSR count). The number of fused-ring (bicyclic) bond motifs is 2. The molecule has 1 aromatic carbocycles. The van der Waals surface area contributed by atoms with E-state index in [1.165, 1.54) is 6.07 Å². The van der Waals surface area contributed by atoms with Gasteiger partial charge in [-0.3, -0.25) is 10.1 Å². The van der Waals surface area contributed by atoms with E-state index in [9.17, 15) is 4.39 Å². The number of imidazole rings is 1. The minimum absolute atomic E-state index is 0.248. The number of aromatic nitrogens is 6. The molecule has 4 N–H and O–H groups in total. The Morgan fingerprint density at radius 1 is 1.06 bits per heavy atom. The van der Waals surface area contributed by atoms with Crippen LogP contribution in [0.25, 0.3) is 44.7 Å². The Labute approximate surface area is 188 Å². The zero-order chi connectivity index (χ0) is 22.5. The maximum Gasteiger partial charge on any atom is 0.180 e. The lowest BCUT2D eigenvalue weighted by molar-refractivity contribution is 0.313. The Morgan fingerprint density at radius 3 is 2.73 bits per heavy atom. The average Bonchev–Trinajstić information content (AvgIpc) is 3.44. The van der Waals surface area contributed by atoms with Crippen molar-refractivity contribution in [2.45, 2.75) is 0 Å². The predicted molar refractivity (Wildman–Crippen MR) is 126 cm³/mol. The van der Waals surface area contributed by atoms with E-state index in [-0.39, 0.29) is 5.52 Å². The van der Waals surface area contributed by atoms with Crippen molar-refractivity contribution in [2.24, 2.45) is 0 Å². The molecule has 1 fully saturated rings. The first kappa shape index (κ1) is 19.6. The lowest BCUT2D eigenvalue weighted by atomic mass is 10.0. The minimum atomic E-state index is -0.431. The summed E-state index contributed by atoms with van der Waals surface area (Å²) in [6.45, 7) is 3.85. The number of hydrogen-bond acceptors (Lipinski definition) is 7. The van der Waals surface area contributed by atoms with Crippen LogP contribution in [0.4, 0.5) is 15.8 Å². The zero-order valence-corrected chi connectivity index (χ0v) is 18.0. The van der Waals surface area contributed by atoms with Crippen LogP contribution in [0.5, 0.6) is 0 Å². The summed E-state index contributed by atoms with van der Waals surface area (Å²) in [7, 11) is 2.13. The van der Waals surface area contributed by atoms with E-state index in [2.05, 4.69) is 42.0 Å². The number of nitrogen functional groups attached to an aromatic ring is 1. The topological polar surface area (TPSA) is 116 Å². The number of nitrogens with two attached hydrogens (primary N) is 1. The van der Waals surface area contributed by atoms with Crippen molar-refractivity contribution in [1.29, 1.82) is 0 Å².